The third kappa shape index (κ3) is 8.26. The maximum absolute atomic E-state index is 5.44. The predicted molar refractivity (Wildman–Crippen MR) is 55.8 cm³/mol. The third-order valence-electron chi connectivity index (χ3n) is 2.00. The highest BCUT2D eigenvalue weighted by Gasteiger charge is 2.06. The molecule has 0 aromatic rings. The largest absolute Gasteiger partial charge is 0.353 e. The van der Waals surface area contributed by atoms with Crippen LogP contribution in [-0.4, -0.2) is 19.5 Å². The highest BCUT2D eigenvalue weighted by molar-refractivity contribution is 4.47. The zero-order chi connectivity index (χ0) is 9.94. The van der Waals surface area contributed by atoms with E-state index in [9.17, 15) is 0 Å². The molecule has 0 fully saturated rings. The summed E-state index contributed by atoms with van der Waals surface area (Å²) in [6, 6.07) is 0. The van der Waals surface area contributed by atoms with Crippen LogP contribution in [-0.2, 0) is 9.47 Å². The van der Waals surface area contributed by atoms with Crippen molar-refractivity contribution in [2.75, 3.05) is 13.2 Å². The van der Waals surface area contributed by atoms with Gasteiger partial charge in [-0.3, -0.25) is 0 Å². The van der Waals surface area contributed by atoms with Crippen LogP contribution in [0.4, 0.5) is 0 Å². The Hall–Kier alpha value is -0.0800. The fraction of sp³-hybridized carbons (Fsp3) is 1.00. The van der Waals surface area contributed by atoms with E-state index < -0.39 is 0 Å². The molecule has 0 N–H and O–H groups in total. The molecule has 80 valence electrons. The van der Waals surface area contributed by atoms with Gasteiger partial charge in [-0.05, 0) is 26.7 Å². The number of hydrogen-bond donors (Lipinski definition) is 0. The Bertz CT molecular complexity index is 88.1. The minimum absolute atomic E-state index is 0.0341. The molecule has 0 saturated carbocycles. The van der Waals surface area contributed by atoms with E-state index in [-0.39, 0.29) is 6.29 Å². The van der Waals surface area contributed by atoms with Crippen LogP contribution in [0.1, 0.15) is 52.9 Å². The average molecular weight is 188 g/mol. The van der Waals surface area contributed by atoms with Crippen molar-refractivity contribution in [3.8, 4) is 0 Å². The highest BCUT2D eigenvalue weighted by atomic mass is 16.7. The monoisotopic (exact) mass is 188 g/mol. The number of ether oxygens (including phenoxy) is 2. The first kappa shape index (κ1) is 12.9. The van der Waals surface area contributed by atoms with Crippen molar-refractivity contribution in [1.29, 1.82) is 0 Å². The maximum Gasteiger partial charge on any atom is 0.157 e. The van der Waals surface area contributed by atoms with Crippen LogP contribution in [0, 0.1) is 0 Å². The SMILES string of the molecule is CCCCCCC(OCC)OCC. The van der Waals surface area contributed by atoms with Crippen LogP contribution in [0.15, 0.2) is 0 Å². The van der Waals surface area contributed by atoms with Gasteiger partial charge in [0.2, 0.25) is 0 Å². The Morgan fingerprint density at radius 3 is 1.92 bits per heavy atom. The standard InChI is InChI=1S/C11H24O2/c1-4-7-8-9-10-11(12-5-2)13-6-3/h11H,4-10H2,1-3H3. The van der Waals surface area contributed by atoms with E-state index in [2.05, 4.69) is 6.92 Å². The molecule has 0 aromatic heterocycles. The van der Waals surface area contributed by atoms with Crippen molar-refractivity contribution < 1.29 is 9.47 Å². The van der Waals surface area contributed by atoms with Gasteiger partial charge >= 0.3 is 0 Å². The molecule has 0 amide bonds. The predicted octanol–water partition coefficient (Wildman–Crippen LogP) is 3.36. The van der Waals surface area contributed by atoms with E-state index >= 15 is 0 Å². The van der Waals surface area contributed by atoms with E-state index in [0.29, 0.717) is 0 Å². The van der Waals surface area contributed by atoms with E-state index in [1.165, 1.54) is 25.7 Å². The molecule has 13 heavy (non-hydrogen) atoms. The number of rotatable bonds is 9. The molecule has 2 nitrogen and oxygen atoms in total. The van der Waals surface area contributed by atoms with Gasteiger partial charge in [0.25, 0.3) is 0 Å². The van der Waals surface area contributed by atoms with E-state index in [4.69, 9.17) is 9.47 Å². The molecule has 0 spiro atoms. The van der Waals surface area contributed by atoms with E-state index in [1.807, 2.05) is 13.8 Å². The highest BCUT2D eigenvalue weighted by Crippen LogP contribution is 2.09. The van der Waals surface area contributed by atoms with Crippen molar-refractivity contribution in [2.45, 2.75) is 59.2 Å². The van der Waals surface area contributed by atoms with Crippen LogP contribution >= 0.6 is 0 Å². The van der Waals surface area contributed by atoms with Crippen molar-refractivity contribution in [3.05, 3.63) is 0 Å². The van der Waals surface area contributed by atoms with Gasteiger partial charge in [-0.15, -0.1) is 0 Å². The van der Waals surface area contributed by atoms with Gasteiger partial charge in [0.05, 0.1) is 0 Å². The molecule has 0 radical (unpaired) electrons. The van der Waals surface area contributed by atoms with E-state index in [0.717, 1.165) is 19.6 Å². The lowest BCUT2D eigenvalue weighted by Gasteiger charge is -2.16. The second kappa shape index (κ2) is 10.0. The summed E-state index contributed by atoms with van der Waals surface area (Å²) in [5, 5.41) is 0. The van der Waals surface area contributed by atoms with Crippen molar-refractivity contribution in [3.63, 3.8) is 0 Å². The fourth-order valence-electron chi connectivity index (χ4n) is 1.32. The van der Waals surface area contributed by atoms with E-state index in [1.54, 1.807) is 0 Å². The first-order chi connectivity index (χ1) is 6.35. The second-order valence-corrected chi connectivity index (χ2v) is 3.19. The zero-order valence-electron chi connectivity index (χ0n) is 9.34. The van der Waals surface area contributed by atoms with Gasteiger partial charge < -0.3 is 9.47 Å². The number of hydrogen-bond acceptors (Lipinski definition) is 2. The minimum atomic E-state index is 0.0341. The lowest BCUT2D eigenvalue weighted by molar-refractivity contribution is -0.140. The summed E-state index contributed by atoms with van der Waals surface area (Å²) in [5.41, 5.74) is 0. The summed E-state index contributed by atoms with van der Waals surface area (Å²) >= 11 is 0. The van der Waals surface area contributed by atoms with Crippen LogP contribution in [0.3, 0.4) is 0 Å². The molecule has 0 rings (SSSR count). The van der Waals surface area contributed by atoms with Gasteiger partial charge in [0.1, 0.15) is 0 Å². The smallest absolute Gasteiger partial charge is 0.157 e. The molecule has 0 aromatic carbocycles. The lowest BCUT2D eigenvalue weighted by atomic mass is 10.1. The Morgan fingerprint density at radius 1 is 0.846 bits per heavy atom. The van der Waals surface area contributed by atoms with Crippen LogP contribution in [0.5, 0.6) is 0 Å². The van der Waals surface area contributed by atoms with Gasteiger partial charge in [0, 0.05) is 13.2 Å². The number of unbranched alkanes of at least 4 members (excludes halogenated alkanes) is 3. The van der Waals surface area contributed by atoms with Crippen molar-refractivity contribution in [2.24, 2.45) is 0 Å². The lowest BCUT2D eigenvalue weighted by Crippen LogP contribution is -2.17. The zero-order valence-corrected chi connectivity index (χ0v) is 9.34. The Labute approximate surface area is 82.6 Å². The molecule has 0 unspecified atom stereocenters. The Kier molecular flexibility index (Phi) is 9.94. The summed E-state index contributed by atoms with van der Waals surface area (Å²) in [5.74, 6) is 0. The molecule has 0 heterocycles. The quantitative estimate of drug-likeness (QED) is 0.408. The molecule has 0 aliphatic rings. The van der Waals surface area contributed by atoms with Gasteiger partial charge in [-0.25, -0.2) is 0 Å². The first-order valence-electron chi connectivity index (χ1n) is 5.58. The van der Waals surface area contributed by atoms with Gasteiger partial charge in [-0.1, -0.05) is 26.2 Å². The second-order valence-electron chi connectivity index (χ2n) is 3.19. The maximum atomic E-state index is 5.44. The summed E-state index contributed by atoms with van der Waals surface area (Å²) in [7, 11) is 0. The molecule has 0 aliphatic carbocycles. The van der Waals surface area contributed by atoms with Gasteiger partial charge in [-0.2, -0.15) is 0 Å². The van der Waals surface area contributed by atoms with Crippen LogP contribution in [0.2, 0.25) is 0 Å². The third-order valence-corrected chi connectivity index (χ3v) is 2.00. The summed E-state index contributed by atoms with van der Waals surface area (Å²) in [6.45, 7) is 7.75. The minimum Gasteiger partial charge on any atom is -0.353 e. The molecular weight excluding hydrogens is 164 g/mol. The molecule has 0 bridgehead atoms. The van der Waals surface area contributed by atoms with Gasteiger partial charge in [0.15, 0.2) is 6.29 Å². The summed E-state index contributed by atoms with van der Waals surface area (Å²) < 4.78 is 10.9. The normalized spacial score (nSPS) is 11.1. The average Bonchev–Trinajstić information content (AvgIpc) is 2.13. The molecule has 0 saturated heterocycles. The fourth-order valence-corrected chi connectivity index (χ4v) is 1.32. The van der Waals surface area contributed by atoms with Crippen molar-refractivity contribution >= 4 is 0 Å². The topological polar surface area (TPSA) is 18.5 Å². The molecule has 0 aliphatic heterocycles. The first-order valence-corrected chi connectivity index (χ1v) is 5.58. The molecule has 2 heteroatoms. The Morgan fingerprint density at radius 2 is 1.46 bits per heavy atom. The summed E-state index contributed by atoms with van der Waals surface area (Å²) in [6.07, 6.45) is 6.21. The van der Waals surface area contributed by atoms with Crippen LogP contribution < -0.4 is 0 Å². The Balaban J connectivity index is 3.33. The van der Waals surface area contributed by atoms with Crippen molar-refractivity contribution in [1.82, 2.24) is 0 Å². The molecular formula is C11H24O2. The summed E-state index contributed by atoms with van der Waals surface area (Å²) in [4.78, 5) is 0. The van der Waals surface area contributed by atoms with Crippen LogP contribution in [0.25, 0.3) is 0 Å². The molecule has 0 atom stereocenters.